The Morgan fingerprint density at radius 3 is 2.75 bits per heavy atom. The Hall–Kier alpha value is -0.120. The molecule has 1 fully saturated rings. The molecule has 0 spiro atoms. The van der Waals surface area contributed by atoms with Crippen LogP contribution in [-0.4, -0.2) is 39.4 Å². The van der Waals surface area contributed by atoms with Gasteiger partial charge in [0, 0.05) is 19.7 Å². The van der Waals surface area contributed by atoms with Gasteiger partial charge in [-0.05, 0) is 51.1 Å². The maximum absolute atomic E-state index is 5.26. The molecule has 16 heavy (non-hydrogen) atoms. The van der Waals surface area contributed by atoms with Crippen molar-refractivity contribution in [2.24, 2.45) is 5.92 Å². The fourth-order valence-electron chi connectivity index (χ4n) is 1.95. The summed E-state index contributed by atoms with van der Waals surface area (Å²) in [6, 6.07) is 0.846. The van der Waals surface area contributed by atoms with Gasteiger partial charge in [0.2, 0.25) is 0 Å². The molecule has 96 valence electrons. The van der Waals surface area contributed by atoms with Gasteiger partial charge in [-0.3, -0.25) is 0 Å². The summed E-state index contributed by atoms with van der Waals surface area (Å²) in [4.78, 5) is 0. The van der Waals surface area contributed by atoms with Gasteiger partial charge in [0.15, 0.2) is 0 Å². The summed E-state index contributed by atoms with van der Waals surface area (Å²) < 4.78 is 5.26. The summed E-state index contributed by atoms with van der Waals surface area (Å²) in [5.74, 6) is 0.678. The average Bonchev–Trinajstić information content (AvgIpc) is 3.08. The summed E-state index contributed by atoms with van der Waals surface area (Å²) in [7, 11) is 1.80. The third-order valence-electron chi connectivity index (χ3n) is 3.06. The van der Waals surface area contributed by atoms with Crippen molar-refractivity contribution in [1.29, 1.82) is 0 Å². The molecule has 1 unspecified atom stereocenters. The van der Waals surface area contributed by atoms with Crippen LogP contribution in [0.3, 0.4) is 0 Å². The van der Waals surface area contributed by atoms with E-state index in [1.54, 1.807) is 7.11 Å². The molecule has 0 saturated heterocycles. The molecule has 0 heterocycles. The molecule has 0 bridgehead atoms. The lowest BCUT2D eigenvalue weighted by atomic mass is 10.0. The Kier molecular flexibility index (Phi) is 7.81. The zero-order chi connectivity index (χ0) is 11.6. The normalized spacial score (nSPS) is 17.6. The first kappa shape index (κ1) is 13.9. The van der Waals surface area contributed by atoms with Gasteiger partial charge in [-0.15, -0.1) is 0 Å². The molecule has 1 rings (SSSR count). The Bertz CT molecular complexity index is 160. The second-order valence-electron chi connectivity index (χ2n) is 4.90. The lowest BCUT2D eigenvalue weighted by Crippen LogP contribution is -2.27. The molecule has 0 aliphatic heterocycles. The van der Waals surface area contributed by atoms with Crippen LogP contribution in [0.4, 0.5) is 0 Å². The number of ether oxygens (including phenoxy) is 1. The van der Waals surface area contributed by atoms with Crippen molar-refractivity contribution in [3.05, 3.63) is 0 Å². The first-order chi connectivity index (χ1) is 7.86. The third-order valence-corrected chi connectivity index (χ3v) is 3.06. The fourth-order valence-corrected chi connectivity index (χ4v) is 1.95. The van der Waals surface area contributed by atoms with Crippen LogP contribution in [0, 0.1) is 5.92 Å². The van der Waals surface area contributed by atoms with Crippen molar-refractivity contribution in [1.82, 2.24) is 10.6 Å². The number of hydrogen-bond acceptors (Lipinski definition) is 3. The van der Waals surface area contributed by atoms with Crippen molar-refractivity contribution >= 4 is 0 Å². The molecule has 0 aromatic carbocycles. The number of hydrogen-bond donors (Lipinski definition) is 2. The highest BCUT2D eigenvalue weighted by Crippen LogP contribution is 2.18. The summed E-state index contributed by atoms with van der Waals surface area (Å²) >= 11 is 0. The topological polar surface area (TPSA) is 33.3 Å². The standard InChI is InChI=1S/C13H28N2O/c1-3-8-14-10-12(11-16-2)5-4-9-15-13-6-7-13/h12-15H,3-11H2,1-2H3. The Labute approximate surface area is 100 Å². The van der Waals surface area contributed by atoms with E-state index in [1.807, 2.05) is 0 Å². The number of nitrogens with one attached hydrogen (secondary N) is 2. The molecule has 0 aromatic rings. The second-order valence-corrected chi connectivity index (χ2v) is 4.90. The van der Waals surface area contributed by atoms with Gasteiger partial charge >= 0.3 is 0 Å². The van der Waals surface area contributed by atoms with E-state index in [0.29, 0.717) is 5.92 Å². The van der Waals surface area contributed by atoms with E-state index < -0.39 is 0 Å². The van der Waals surface area contributed by atoms with Crippen LogP contribution in [0.1, 0.15) is 39.0 Å². The minimum atomic E-state index is 0.678. The van der Waals surface area contributed by atoms with Gasteiger partial charge in [0.1, 0.15) is 0 Å². The summed E-state index contributed by atoms with van der Waals surface area (Å²) in [6.07, 6.45) is 6.53. The Balaban J connectivity index is 1.96. The van der Waals surface area contributed by atoms with E-state index in [-0.39, 0.29) is 0 Å². The summed E-state index contributed by atoms with van der Waals surface area (Å²) in [6.45, 7) is 6.50. The molecule has 0 aromatic heterocycles. The number of rotatable bonds is 11. The Morgan fingerprint density at radius 2 is 2.12 bits per heavy atom. The minimum absolute atomic E-state index is 0.678. The predicted octanol–water partition coefficient (Wildman–Crippen LogP) is 1.78. The van der Waals surface area contributed by atoms with Crippen molar-refractivity contribution in [2.75, 3.05) is 33.4 Å². The summed E-state index contributed by atoms with van der Waals surface area (Å²) in [5.41, 5.74) is 0. The molecule has 1 saturated carbocycles. The maximum atomic E-state index is 5.26. The third kappa shape index (κ3) is 7.20. The highest BCUT2D eigenvalue weighted by Gasteiger charge is 2.19. The monoisotopic (exact) mass is 228 g/mol. The van der Waals surface area contributed by atoms with Gasteiger partial charge < -0.3 is 15.4 Å². The molecule has 0 radical (unpaired) electrons. The molecule has 2 N–H and O–H groups in total. The highest BCUT2D eigenvalue weighted by molar-refractivity contribution is 4.80. The average molecular weight is 228 g/mol. The quantitative estimate of drug-likeness (QED) is 0.529. The van der Waals surface area contributed by atoms with Crippen molar-refractivity contribution < 1.29 is 4.74 Å². The molecule has 1 atom stereocenters. The zero-order valence-corrected chi connectivity index (χ0v) is 10.9. The number of methoxy groups -OCH3 is 1. The van der Waals surface area contributed by atoms with Crippen LogP contribution in [0.15, 0.2) is 0 Å². The lowest BCUT2D eigenvalue weighted by Gasteiger charge is -2.16. The summed E-state index contributed by atoms with van der Waals surface area (Å²) in [5, 5.41) is 7.04. The molecule has 1 aliphatic rings. The van der Waals surface area contributed by atoms with E-state index in [4.69, 9.17) is 4.74 Å². The lowest BCUT2D eigenvalue weighted by molar-refractivity contribution is 0.145. The largest absolute Gasteiger partial charge is 0.384 e. The maximum Gasteiger partial charge on any atom is 0.0502 e. The van der Waals surface area contributed by atoms with E-state index in [0.717, 1.165) is 25.7 Å². The second kappa shape index (κ2) is 8.97. The first-order valence-electron chi connectivity index (χ1n) is 6.79. The fraction of sp³-hybridized carbons (Fsp3) is 1.00. The van der Waals surface area contributed by atoms with Crippen LogP contribution in [-0.2, 0) is 4.74 Å². The van der Waals surface area contributed by atoms with Crippen LogP contribution in [0.5, 0.6) is 0 Å². The molecule has 1 aliphatic carbocycles. The first-order valence-corrected chi connectivity index (χ1v) is 6.79. The van der Waals surface area contributed by atoms with E-state index in [9.17, 15) is 0 Å². The van der Waals surface area contributed by atoms with Gasteiger partial charge in [-0.25, -0.2) is 0 Å². The highest BCUT2D eigenvalue weighted by atomic mass is 16.5. The van der Waals surface area contributed by atoms with E-state index in [1.165, 1.54) is 38.6 Å². The van der Waals surface area contributed by atoms with Crippen LogP contribution in [0.25, 0.3) is 0 Å². The van der Waals surface area contributed by atoms with E-state index >= 15 is 0 Å². The van der Waals surface area contributed by atoms with Gasteiger partial charge in [0.25, 0.3) is 0 Å². The Morgan fingerprint density at radius 1 is 1.31 bits per heavy atom. The van der Waals surface area contributed by atoms with Crippen LogP contribution >= 0.6 is 0 Å². The SMILES string of the molecule is CCCNCC(CCCNC1CC1)COC. The van der Waals surface area contributed by atoms with Gasteiger partial charge in [-0.1, -0.05) is 6.92 Å². The molecule has 0 amide bonds. The van der Waals surface area contributed by atoms with Crippen molar-refractivity contribution in [2.45, 2.75) is 45.1 Å². The van der Waals surface area contributed by atoms with Crippen molar-refractivity contribution in [3.8, 4) is 0 Å². The van der Waals surface area contributed by atoms with Crippen LogP contribution in [0.2, 0.25) is 0 Å². The zero-order valence-electron chi connectivity index (χ0n) is 10.9. The molecule has 3 nitrogen and oxygen atoms in total. The molecule has 3 heteroatoms. The smallest absolute Gasteiger partial charge is 0.0502 e. The van der Waals surface area contributed by atoms with Crippen molar-refractivity contribution in [3.63, 3.8) is 0 Å². The van der Waals surface area contributed by atoms with Crippen LogP contribution < -0.4 is 10.6 Å². The molecular weight excluding hydrogens is 200 g/mol. The van der Waals surface area contributed by atoms with Gasteiger partial charge in [-0.2, -0.15) is 0 Å². The molecular formula is C13H28N2O. The minimum Gasteiger partial charge on any atom is -0.384 e. The van der Waals surface area contributed by atoms with E-state index in [2.05, 4.69) is 17.6 Å². The predicted molar refractivity (Wildman–Crippen MR) is 68.8 cm³/mol. The van der Waals surface area contributed by atoms with Gasteiger partial charge in [0.05, 0.1) is 6.61 Å².